The molecule has 0 atom stereocenters. The van der Waals surface area contributed by atoms with Crippen LogP contribution in [0.4, 0.5) is 0 Å². The molecule has 1 aromatic carbocycles. The number of carbonyl (C=O) groups excluding carboxylic acids is 2. The fourth-order valence-corrected chi connectivity index (χ4v) is 1.81. The minimum atomic E-state index is -0.244. The Morgan fingerprint density at radius 2 is 1.94 bits per heavy atom. The molecule has 3 heteroatoms. The summed E-state index contributed by atoms with van der Waals surface area (Å²) in [4.78, 5) is 22.7. The highest BCUT2D eigenvalue weighted by molar-refractivity contribution is 5.80. The molecule has 0 spiro atoms. The van der Waals surface area contributed by atoms with Gasteiger partial charge in [0.1, 0.15) is 5.78 Å². The van der Waals surface area contributed by atoms with E-state index in [1.165, 1.54) is 0 Å². The smallest absolute Gasteiger partial charge is 0.310 e. The highest BCUT2D eigenvalue weighted by Gasteiger charge is 2.12. The van der Waals surface area contributed by atoms with E-state index in [2.05, 4.69) is 0 Å². The summed E-state index contributed by atoms with van der Waals surface area (Å²) in [6.45, 7) is 5.66. The van der Waals surface area contributed by atoms with Gasteiger partial charge in [-0.15, -0.1) is 0 Å². The van der Waals surface area contributed by atoms with E-state index in [9.17, 15) is 9.59 Å². The third-order valence-electron chi connectivity index (χ3n) is 2.57. The molecule has 0 fully saturated rings. The van der Waals surface area contributed by atoms with Crippen molar-refractivity contribution in [3.05, 3.63) is 34.9 Å². The van der Waals surface area contributed by atoms with Gasteiger partial charge in [0.2, 0.25) is 0 Å². The van der Waals surface area contributed by atoms with Crippen molar-refractivity contribution in [2.45, 2.75) is 33.6 Å². The second kappa shape index (κ2) is 6.18. The van der Waals surface area contributed by atoms with Crippen LogP contribution in [0.5, 0.6) is 0 Å². The van der Waals surface area contributed by atoms with Crippen molar-refractivity contribution >= 4 is 11.8 Å². The molecule has 3 nitrogen and oxygen atoms in total. The molecule has 0 amide bonds. The molecule has 0 unspecified atom stereocenters. The summed E-state index contributed by atoms with van der Waals surface area (Å²) in [5.41, 5.74) is 2.86. The molecule has 0 aromatic heterocycles. The summed E-state index contributed by atoms with van der Waals surface area (Å²) in [6, 6.07) is 5.74. The van der Waals surface area contributed by atoms with Crippen molar-refractivity contribution in [3.63, 3.8) is 0 Å². The summed E-state index contributed by atoms with van der Waals surface area (Å²) in [6.07, 6.45) is 0.611. The third-order valence-corrected chi connectivity index (χ3v) is 2.57. The molecule has 0 heterocycles. The Labute approximate surface area is 102 Å². The van der Waals surface area contributed by atoms with Crippen LogP contribution in [0.25, 0.3) is 0 Å². The first-order chi connectivity index (χ1) is 8.04. The highest BCUT2D eigenvalue weighted by atomic mass is 16.5. The van der Waals surface area contributed by atoms with Crippen LogP contribution >= 0.6 is 0 Å². The monoisotopic (exact) mass is 234 g/mol. The number of aryl methyl sites for hydroxylation is 1. The van der Waals surface area contributed by atoms with Gasteiger partial charge < -0.3 is 4.74 Å². The molecule has 0 aliphatic heterocycles. The molecule has 17 heavy (non-hydrogen) atoms. The van der Waals surface area contributed by atoms with Crippen molar-refractivity contribution in [1.82, 2.24) is 0 Å². The van der Waals surface area contributed by atoms with Crippen molar-refractivity contribution in [3.8, 4) is 0 Å². The van der Waals surface area contributed by atoms with E-state index in [1.807, 2.05) is 25.1 Å². The predicted octanol–water partition coefficient (Wildman–Crippen LogP) is 2.23. The number of benzene rings is 1. The minimum absolute atomic E-state index is 0.0979. The fourth-order valence-electron chi connectivity index (χ4n) is 1.81. The summed E-state index contributed by atoms with van der Waals surface area (Å²) >= 11 is 0. The number of rotatable bonds is 5. The maximum Gasteiger partial charge on any atom is 0.310 e. The van der Waals surface area contributed by atoms with Crippen LogP contribution < -0.4 is 0 Å². The van der Waals surface area contributed by atoms with E-state index in [0.29, 0.717) is 13.0 Å². The van der Waals surface area contributed by atoms with Crippen molar-refractivity contribution in [2.75, 3.05) is 6.61 Å². The first-order valence-corrected chi connectivity index (χ1v) is 5.77. The molecule has 92 valence electrons. The second-order valence-electron chi connectivity index (χ2n) is 4.07. The van der Waals surface area contributed by atoms with E-state index in [0.717, 1.165) is 16.7 Å². The second-order valence-corrected chi connectivity index (χ2v) is 4.07. The molecule has 0 N–H and O–H groups in total. The van der Waals surface area contributed by atoms with Crippen LogP contribution in [0.15, 0.2) is 18.2 Å². The maximum absolute atomic E-state index is 11.5. The average Bonchev–Trinajstić information content (AvgIpc) is 2.23. The van der Waals surface area contributed by atoms with Crippen LogP contribution in [0.3, 0.4) is 0 Å². The van der Waals surface area contributed by atoms with Gasteiger partial charge in [0, 0.05) is 6.42 Å². The number of esters is 1. The minimum Gasteiger partial charge on any atom is -0.466 e. The van der Waals surface area contributed by atoms with Crippen molar-refractivity contribution in [1.29, 1.82) is 0 Å². The molecular weight excluding hydrogens is 216 g/mol. The molecule has 0 saturated heterocycles. The van der Waals surface area contributed by atoms with E-state index < -0.39 is 0 Å². The Balaban J connectivity index is 2.95. The van der Waals surface area contributed by atoms with Crippen LogP contribution in [0.1, 0.15) is 30.5 Å². The van der Waals surface area contributed by atoms with Gasteiger partial charge in [0.25, 0.3) is 0 Å². The summed E-state index contributed by atoms with van der Waals surface area (Å²) in [5, 5.41) is 0. The zero-order chi connectivity index (χ0) is 12.8. The van der Waals surface area contributed by atoms with Gasteiger partial charge in [0.15, 0.2) is 0 Å². The van der Waals surface area contributed by atoms with Crippen LogP contribution in [0, 0.1) is 6.92 Å². The number of hydrogen-bond acceptors (Lipinski definition) is 3. The fraction of sp³-hybridized carbons (Fsp3) is 0.429. The average molecular weight is 234 g/mol. The molecule has 0 aliphatic rings. The number of ether oxygens (including phenoxy) is 1. The molecule has 0 radical (unpaired) electrons. The lowest BCUT2D eigenvalue weighted by molar-refractivity contribution is -0.142. The Morgan fingerprint density at radius 1 is 1.24 bits per heavy atom. The Bertz CT molecular complexity index is 421. The molecular formula is C14H18O3. The van der Waals surface area contributed by atoms with E-state index in [-0.39, 0.29) is 18.2 Å². The zero-order valence-corrected chi connectivity index (χ0v) is 10.6. The van der Waals surface area contributed by atoms with Gasteiger partial charge >= 0.3 is 5.97 Å². The lowest BCUT2D eigenvalue weighted by Gasteiger charge is -2.11. The van der Waals surface area contributed by atoms with E-state index in [1.54, 1.807) is 13.8 Å². The summed E-state index contributed by atoms with van der Waals surface area (Å²) in [5.74, 6) is -0.146. The summed E-state index contributed by atoms with van der Waals surface area (Å²) < 4.78 is 4.94. The molecule has 1 rings (SSSR count). The number of hydrogen-bond donors (Lipinski definition) is 0. The topological polar surface area (TPSA) is 43.4 Å². The van der Waals surface area contributed by atoms with Gasteiger partial charge in [-0.2, -0.15) is 0 Å². The SMILES string of the molecule is CCOC(=O)Cc1c(C)cccc1CC(C)=O. The quantitative estimate of drug-likeness (QED) is 0.734. The Hall–Kier alpha value is -1.64. The molecule has 1 aromatic rings. The van der Waals surface area contributed by atoms with Gasteiger partial charge in [-0.1, -0.05) is 18.2 Å². The van der Waals surface area contributed by atoms with Gasteiger partial charge in [0.05, 0.1) is 13.0 Å². The maximum atomic E-state index is 11.5. The van der Waals surface area contributed by atoms with Crippen molar-refractivity contribution < 1.29 is 14.3 Å². The number of ketones is 1. The lowest BCUT2D eigenvalue weighted by Crippen LogP contribution is -2.11. The highest BCUT2D eigenvalue weighted by Crippen LogP contribution is 2.16. The first kappa shape index (κ1) is 13.4. The normalized spacial score (nSPS) is 10.1. The molecule has 0 bridgehead atoms. The van der Waals surface area contributed by atoms with Crippen molar-refractivity contribution in [2.24, 2.45) is 0 Å². The predicted molar refractivity (Wildman–Crippen MR) is 65.9 cm³/mol. The van der Waals surface area contributed by atoms with Gasteiger partial charge in [-0.3, -0.25) is 9.59 Å². The Morgan fingerprint density at radius 3 is 2.53 bits per heavy atom. The number of Topliss-reactive ketones (excluding diaryl/α,β-unsaturated/α-hetero) is 1. The molecule has 0 aliphatic carbocycles. The standard InChI is InChI=1S/C14H18O3/c1-4-17-14(16)9-13-10(2)6-5-7-12(13)8-11(3)15/h5-7H,4,8-9H2,1-3H3. The van der Waals surface area contributed by atoms with Gasteiger partial charge in [-0.05, 0) is 37.5 Å². The van der Waals surface area contributed by atoms with Crippen LogP contribution in [0.2, 0.25) is 0 Å². The first-order valence-electron chi connectivity index (χ1n) is 5.77. The molecule has 0 saturated carbocycles. The van der Waals surface area contributed by atoms with Gasteiger partial charge in [-0.25, -0.2) is 0 Å². The summed E-state index contributed by atoms with van der Waals surface area (Å²) in [7, 11) is 0. The Kier molecular flexibility index (Phi) is 4.88. The number of carbonyl (C=O) groups is 2. The lowest BCUT2D eigenvalue weighted by atomic mass is 9.96. The van der Waals surface area contributed by atoms with Crippen LogP contribution in [-0.4, -0.2) is 18.4 Å². The van der Waals surface area contributed by atoms with E-state index >= 15 is 0 Å². The zero-order valence-electron chi connectivity index (χ0n) is 10.6. The third kappa shape index (κ3) is 4.02. The van der Waals surface area contributed by atoms with Crippen LogP contribution in [-0.2, 0) is 27.2 Å². The van der Waals surface area contributed by atoms with E-state index in [4.69, 9.17) is 4.74 Å². The largest absolute Gasteiger partial charge is 0.466 e.